The molecule has 0 bridgehead atoms. The van der Waals surface area contributed by atoms with Crippen LogP contribution in [0.1, 0.15) is 24.0 Å². The molecule has 230 valence electrons. The Morgan fingerprint density at radius 1 is 1.11 bits per heavy atom. The molecule has 3 N–H and O–H groups in total. The summed E-state index contributed by atoms with van der Waals surface area (Å²) < 4.78 is 25.0. The van der Waals surface area contributed by atoms with Crippen LogP contribution < -0.4 is 30.2 Å². The van der Waals surface area contributed by atoms with Gasteiger partial charge in [-0.25, -0.2) is 23.8 Å². The van der Waals surface area contributed by atoms with Gasteiger partial charge in [-0.2, -0.15) is 4.98 Å². The maximum Gasteiger partial charge on any atom is 0.336 e. The van der Waals surface area contributed by atoms with E-state index in [0.29, 0.717) is 47.1 Å². The van der Waals surface area contributed by atoms with Gasteiger partial charge in [-0.05, 0) is 36.6 Å². The zero-order valence-corrected chi connectivity index (χ0v) is 25.4. The molecule has 1 unspecified atom stereocenters. The molecular formula is C29H32ClN9O5. The summed E-state index contributed by atoms with van der Waals surface area (Å²) in [7, 11) is 6.63. The second kappa shape index (κ2) is 12.1. The normalized spacial score (nSPS) is 16.1. The number of pyridine rings is 2. The minimum Gasteiger partial charge on any atom is -0.497 e. The number of carbonyl (C=O) groups is 1. The van der Waals surface area contributed by atoms with E-state index in [4.69, 9.17) is 36.3 Å². The Labute approximate surface area is 257 Å². The van der Waals surface area contributed by atoms with Gasteiger partial charge in [-0.3, -0.25) is 0 Å². The van der Waals surface area contributed by atoms with Crippen LogP contribution in [0.5, 0.6) is 17.5 Å². The van der Waals surface area contributed by atoms with Crippen LogP contribution in [0.15, 0.2) is 42.9 Å². The number of rotatable bonds is 10. The van der Waals surface area contributed by atoms with Crippen molar-refractivity contribution in [2.45, 2.75) is 38.1 Å². The molecule has 1 aliphatic rings. The highest BCUT2D eigenvalue weighted by molar-refractivity contribution is 6.30. The third-order valence-corrected chi connectivity index (χ3v) is 7.84. The topological polar surface area (TPSA) is 156 Å². The van der Waals surface area contributed by atoms with E-state index in [1.807, 2.05) is 30.1 Å². The molecule has 5 aromatic rings. The van der Waals surface area contributed by atoms with E-state index in [0.717, 1.165) is 29.7 Å². The highest BCUT2D eigenvalue weighted by atomic mass is 35.5. The predicted octanol–water partition coefficient (Wildman–Crippen LogP) is 3.68. The zero-order chi connectivity index (χ0) is 31.0. The third kappa shape index (κ3) is 5.61. The van der Waals surface area contributed by atoms with E-state index in [9.17, 15) is 4.79 Å². The van der Waals surface area contributed by atoms with Crippen molar-refractivity contribution in [1.29, 1.82) is 0 Å². The monoisotopic (exact) mass is 621 g/mol. The number of methoxy groups -OCH3 is 3. The fraction of sp³-hybridized carbons (Fsp3) is 0.345. The quantitative estimate of drug-likeness (QED) is 0.219. The van der Waals surface area contributed by atoms with Gasteiger partial charge >= 0.3 is 12.0 Å². The molecule has 1 saturated carbocycles. The fourth-order valence-corrected chi connectivity index (χ4v) is 5.37. The highest BCUT2D eigenvalue weighted by Crippen LogP contribution is 2.32. The number of imidazole rings is 1. The molecule has 4 heterocycles. The predicted molar refractivity (Wildman–Crippen MR) is 164 cm³/mol. The molecule has 0 saturated heterocycles. The van der Waals surface area contributed by atoms with E-state index in [1.165, 1.54) is 18.0 Å². The number of nitrogens with zero attached hydrogens (tertiary/aromatic N) is 7. The molecule has 1 aliphatic carbocycles. The maximum absolute atomic E-state index is 13.4. The summed E-state index contributed by atoms with van der Waals surface area (Å²) in [5, 5.41) is 7.52. The molecule has 6 rings (SSSR count). The number of nitrogens with two attached hydrogens (primary N) is 1. The first-order chi connectivity index (χ1) is 21.3. The van der Waals surface area contributed by atoms with Gasteiger partial charge in [-0.15, -0.1) is 5.10 Å². The summed E-state index contributed by atoms with van der Waals surface area (Å²) in [5.41, 5.74) is 10.5. The van der Waals surface area contributed by atoms with Crippen LogP contribution in [0.3, 0.4) is 0 Å². The number of halogens is 1. The fourth-order valence-electron chi connectivity index (χ4n) is 5.19. The summed E-state index contributed by atoms with van der Waals surface area (Å²) in [6.07, 6.45) is 4.65. The highest BCUT2D eigenvalue weighted by Gasteiger charge is 2.34. The van der Waals surface area contributed by atoms with E-state index in [-0.39, 0.29) is 29.3 Å². The standard InChI is InChI=1S/C29H32ClN9O5/c1-37(13-17-5-6-18(41-2)10-23(17)42-3)21-11-24(30)34-27-25(21)32-15-38(27)29(40)33-20-7-8-22(20)44-14-16-9-19(31)26-35-28(43-4)36-39(26)12-16/h5-6,9-12,15,20,22H,7-8,13-14,31H2,1-4H3,(H,33,40)/t20?,22-/m1/s1. The van der Waals surface area contributed by atoms with Crippen molar-refractivity contribution < 1.29 is 23.7 Å². The number of anilines is 2. The Morgan fingerprint density at radius 2 is 1.95 bits per heavy atom. The zero-order valence-electron chi connectivity index (χ0n) is 24.7. The summed E-state index contributed by atoms with van der Waals surface area (Å²) in [6, 6.07) is 8.85. The molecule has 1 aromatic carbocycles. The van der Waals surface area contributed by atoms with E-state index >= 15 is 0 Å². The minimum atomic E-state index is -0.369. The second-order valence-electron chi connectivity index (χ2n) is 10.4. The van der Waals surface area contributed by atoms with Crippen molar-refractivity contribution in [2.24, 2.45) is 0 Å². The van der Waals surface area contributed by atoms with Crippen LogP contribution in [0.2, 0.25) is 5.15 Å². The Bertz CT molecular complexity index is 1840. The molecular weight excluding hydrogens is 590 g/mol. The number of nitrogen functional groups attached to an aromatic ring is 1. The Kier molecular flexibility index (Phi) is 8.01. The van der Waals surface area contributed by atoms with Crippen molar-refractivity contribution in [3.8, 4) is 17.5 Å². The first kappa shape index (κ1) is 29.3. The Balaban J connectivity index is 1.14. The lowest BCUT2D eigenvalue weighted by molar-refractivity contribution is -0.0324. The molecule has 0 aliphatic heterocycles. The molecule has 15 heteroatoms. The van der Waals surface area contributed by atoms with Gasteiger partial charge in [0.25, 0.3) is 0 Å². The maximum atomic E-state index is 13.4. The number of ether oxygens (including phenoxy) is 4. The molecule has 4 aromatic heterocycles. The average Bonchev–Trinajstić information content (AvgIpc) is 3.63. The van der Waals surface area contributed by atoms with Crippen LogP contribution >= 0.6 is 11.6 Å². The van der Waals surface area contributed by atoms with Gasteiger partial charge in [-0.1, -0.05) is 11.6 Å². The van der Waals surface area contributed by atoms with Crippen molar-refractivity contribution in [3.63, 3.8) is 0 Å². The average molecular weight is 622 g/mol. The number of amides is 1. The van der Waals surface area contributed by atoms with Crippen molar-refractivity contribution in [2.75, 3.05) is 39.0 Å². The molecule has 2 atom stereocenters. The number of hydrogen-bond donors (Lipinski definition) is 2. The van der Waals surface area contributed by atoms with Gasteiger partial charge in [0.2, 0.25) is 0 Å². The lowest BCUT2D eigenvalue weighted by Gasteiger charge is -2.36. The van der Waals surface area contributed by atoms with Gasteiger partial charge in [0.1, 0.15) is 28.5 Å². The van der Waals surface area contributed by atoms with Crippen molar-refractivity contribution >= 4 is 45.8 Å². The minimum absolute atomic E-state index is 0.173. The summed E-state index contributed by atoms with van der Waals surface area (Å²) in [5.74, 6) is 1.39. The van der Waals surface area contributed by atoms with Gasteiger partial charge in [0.05, 0.1) is 51.5 Å². The lowest BCUT2D eigenvalue weighted by Crippen LogP contribution is -2.52. The Morgan fingerprint density at radius 3 is 2.68 bits per heavy atom. The smallest absolute Gasteiger partial charge is 0.336 e. The van der Waals surface area contributed by atoms with E-state index < -0.39 is 0 Å². The van der Waals surface area contributed by atoms with Crippen molar-refractivity contribution in [1.82, 2.24) is 34.4 Å². The van der Waals surface area contributed by atoms with Gasteiger partial charge < -0.3 is 34.9 Å². The van der Waals surface area contributed by atoms with Crippen molar-refractivity contribution in [3.05, 3.63) is 59.1 Å². The van der Waals surface area contributed by atoms with E-state index in [1.54, 1.807) is 37.1 Å². The largest absolute Gasteiger partial charge is 0.497 e. The van der Waals surface area contributed by atoms with Crippen LogP contribution in [0.25, 0.3) is 16.8 Å². The van der Waals surface area contributed by atoms with Gasteiger partial charge in [0, 0.05) is 37.5 Å². The number of nitrogens with one attached hydrogen (secondary N) is 1. The third-order valence-electron chi connectivity index (χ3n) is 7.65. The molecule has 14 nitrogen and oxygen atoms in total. The summed E-state index contributed by atoms with van der Waals surface area (Å²) in [6.45, 7) is 0.783. The Hall–Kier alpha value is -4.82. The molecule has 44 heavy (non-hydrogen) atoms. The SMILES string of the molecule is COc1ccc(CN(C)c2cc(Cl)nc3c2ncn3C(=O)NC2CC[C@H]2OCc2cc(N)c3nc(OC)nn3c2)c(OC)c1. The number of benzene rings is 1. The molecule has 1 amide bonds. The lowest BCUT2D eigenvalue weighted by atomic mass is 9.89. The summed E-state index contributed by atoms with van der Waals surface area (Å²) >= 11 is 6.43. The molecule has 0 radical (unpaired) electrons. The first-order valence-electron chi connectivity index (χ1n) is 13.8. The van der Waals surface area contributed by atoms with Crippen LogP contribution in [0, 0.1) is 0 Å². The number of carbonyl (C=O) groups excluding carboxylic acids is 1. The van der Waals surface area contributed by atoms with Crippen LogP contribution in [-0.4, -0.2) is 75.7 Å². The first-order valence-corrected chi connectivity index (χ1v) is 14.2. The van der Waals surface area contributed by atoms with Crippen LogP contribution in [0.4, 0.5) is 16.2 Å². The van der Waals surface area contributed by atoms with E-state index in [2.05, 4.69) is 25.4 Å². The molecule has 1 fully saturated rings. The number of aromatic nitrogens is 6. The molecule has 0 spiro atoms. The number of hydrogen-bond acceptors (Lipinski definition) is 11. The summed E-state index contributed by atoms with van der Waals surface area (Å²) in [4.78, 5) is 28.5. The second-order valence-corrected chi connectivity index (χ2v) is 10.8. The van der Waals surface area contributed by atoms with Crippen LogP contribution in [-0.2, 0) is 17.9 Å². The van der Waals surface area contributed by atoms with Gasteiger partial charge in [0.15, 0.2) is 11.3 Å². The number of fused-ring (bicyclic) bond motifs is 2.